The number of alkyl halides is 3. The van der Waals surface area contributed by atoms with E-state index in [0.29, 0.717) is 16.7 Å². The second kappa shape index (κ2) is 5.15. The maximum atomic E-state index is 12.7. The summed E-state index contributed by atoms with van der Waals surface area (Å²) in [6, 6.07) is 7.20. The second-order valence-corrected chi connectivity index (χ2v) is 4.07. The smallest absolute Gasteiger partial charge is 0.265 e. The maximum absolute atomic E-state index is 12.7. The summed E-state index contributed by atoms with van der Waals surface area (Å²) in [5, 5.41) is 0. The zero-order chi connectivity index (χ0) is 13.9. The van der Waals surface area contributed by atoms with Crippen LogP contribution in [-0.4, -0.2) is 4.98 Å². The van der Waals surface area contributed by atoms with Crippen molar-refractivity contribution in [2.24, 2.45) is 0 Å². The Bertz CT molecular complexity index is 634. The SMILES string of the molecule is Cc1cc(C#Cc2ccncc2)cc(C(F)(F)F)c1. The van der Waals surface area contributed by atoms with Gasteiger partial charge in [-0.05, 0) is 42.8 Å². The lowest BCUT2D eigenvalue weighted by Gasteiger charge is -2.07. The van der Waals surface area contributed by atoms with Gasteiger partial charge >= 0.3 is 6.18 Å². The van der Waals surface area contributed by atoms with Gasteiger partial charge in [-0.15, -0.1) is 0 Å². The number of aryl methyl sites for hydroxylation is 1. The lowest BCUT2D eigenvalue weighted by atomic mass is 10.1. The van der Waals surface area contributed by atoms with Crippen LogP contribution < -0.4 is 0 Å². The first-order chi connectivity index (χ1) is 8.95. The van der Waals surface area contributed by atoms with Crippen molar-refractivity contribution in [1.29, 1.82) is 0 Å². The van der Waals surface area contributed by atoms with Gasteiger partial charge in [-0.25, -0.2) is 0 Å². The van der Waals surface area contributed by atoms with E-state index in [9.17, 15) is 13.2 Å². The molecule has 4 heteroatoms. The lowest BCUT2D eigenvalue weighted by Crippen LogP contribution is -2.05. The average Bonchev–Trinajstić information content (AvgIpc) is 2.36. The summed E-state index contributed by atoms with van der Waals surface area (Å²) < 4.78 is 38.0. The van der Waals surface area contributed by atoms with Gasteiger partial charge in [-0.1, -0.05) is 11.8 Å². The summed E-state index contributed by atoms with van der Waals surface area (Å²) in [6.45, 7) is 1.62. The van der Waals surface area contributed by atoms with E-state index in [4.69, 9.17) is 0 Å². The maximum Gasteiger partial charge on any atom is 0.416 e. The molecule has 0 spiro atoms. The fourth-order valence-corrected chi connectivity index (χ4v) is 1.60. The molecule has 96 valence electrons. The largest absolute Gasteiger partial charge is 0.416 e. The van der Waals surface area contributed by atoms with Crippen LogP contribution in [0.5, 0.6) is 0 Å². The zero-order valence-corrected chi connectivity index (χ0v) is 10.1. The summed E-state index contributed by atoms with van der Waals surface area (Å²) in [6.07, 6.45) is -1.18. The number of nitrogens with zero attached hydrogens (tertiary/aromatic N) is 1. The average molecular weight is 261 g/mol. The summed E-state index contributed by atoms with van der Waals surface area (Å²) in [7, 11) is 0. The van der Waals surface area contributed by atoms with Gasteiger partial charge in [0, 0.05) is 23.5 Å². The van der Waals surface area contributed by atoms with Crippen LogP contribution in [0.3, 0.4) is 0 Å². The number of hydrogen-bond acceptors (Lipinski definition) is 1. The van der Waals surface area contributed by atoms with E-state index >= 15 is 0 Å². The molecule has 2 rings (SSSR count). The fraction of sp³-hybridized carbons (Fsp3) is 0.133. The summed E-state index contributed by atoms with van der Waals surface area (Å²) in [5.74, 6) is 5.55. The number of hydrogen-bond donors (Lipinski definition) is 0. The van der Waals surface area contributed by atoms with Crippen molar-refractivity contribution in [2.45, 2.75) is 13.1 Å². The molecule has 0 radical (unpaired) electrons. The minimum Gasteiger partial charge on any atom is -0.265 e. The summed E-state index contributed by atoms with van der Waals surface area (Å²) in [4.78, 5) is 3.84. The highest BCUT2D eigenvalue weighted by Crippen LogP contribution is 2.30. The Labute approximate surface area is 109 Å². The molecule has 0 saturated heterocycles. The van der Waals surface area contributed by atoms with Crippen molar-refractivity contribution in [1.82, 2.24) is 4.98 Å². The number of benzene rings is 1. The third-order valence-corrected chi connectivity index (χ3v) is 2.44. The third-order valence-electron chi connectivity index (χ3n) is 2.44. The highest BCUT2D eigenvalue weighted by atomic mass is 19.4. The molecule has 1 aromatic heterocycles. The summed E-state index contributed by atoms with van der Waals surface area (Å²) in [5.41, 5.74) is 0.926. The van der Waals surface area contributed by atoms with Gasteiger partial charge in [0.15, 0.2) is 0 Å². The quantitative estimate of drug-likeness (QED) is 0.657. The Morgan fingerprint density at radius 1 is 0.947 bits per heavy atom. The Hall–Kier alpha value is -2.28. The molecule has 1 heterocycles. The molecule has 1 nitrogen and oxygen atoms in total. The van der Waals surface area contributed by atoms with Gasteiger partial charge in [0.1, 0.15) is 0 Å². The van der Waals surface area contributed by atoms with E-state index in [-0.39, 0.29) is 0 Å². The van der Waals surface area contributed by atoms with Crippen LogP contribution in [-0.2, 0) is 6.18 Å². The molecule has 0 fully saturated rings. The molecule has 0 amide bonds. The van der Waals surface area contributed by atoms with E-state index in [1.807, 2.05) is 0 Å². The van der Waals surface area contributed by atoms with E-state index in [0.717, 1.165) is 12.1 Å². The third kappa shape index (κ3) is 3.59. The van der Waals surface area contributed by atoms with Gasteiger partial charge in [0.2, 0.25) is 0 Å². The molecule has 0 N–H and O–H groups in total. The van der Waals surface area contributed by atoms with Crippen molar-refractivity contribution in [3.63, 3.8) is 0 Å². The Morgan fingerprint density at radius 3 is 2.21 bits per heavy atom. The molecule has 0 saturated carbocycles. The van der Waals surface area contributed by atoms with Crippen molar-refractivity contribution in [3.05, 3.63) is 65.0 Å². The normalized spacial score (nSPS) is 10.7. The molecule has 19 heavy (non-hydrogen) atoms. The van der Waals surface area contributed by atoms with Gasteiger partial charge in [0.05, 0.1) is 5.56 Å². The number of aromatic nitrogens is 1. The minimum atomic E-state index is -4.35. The standard InChI is InChI=1S/C15H10F3N/c1-11-8-13(10-14(9-11)15(16,17)18)3-2-12-4-6-19-7-5-12/h4-10H,1H3. The molecule has 0 aliphatic rings. The van der Waals surface area contributed by atoms with Crippen LogP contribution in [0.15, 0.2) is 42.7 Å². The lowest BCUT2D eigenvalue weighted by molar-refractivity contribution is -0.137. The van der Waals surface area contributed by atoms with Crippen LogP contribution in [0.2, 0.25) is 0 Å². The molecule has 0 aliphatic heterocycles. The van der Waals surface area contributed by atoms with Gasteiger partial charge in [-0.3, -0.25) is 4.98 Å². The van der Waals surface area contributed by atoms with Crippen LogP contribution in [0.4, 0.5) is 13.2 Å². The van der Waals surface area contributed by atoms with E-state index < -0.39 is 11.7 Å². The Morgan fingerprint density at radius 2 is 1.58 bits per heavy atom. The van der Waals surface area contributed by atoms with Crippen molar-refractivity contribution in [3.8, 4) is 11.8 Å². The first kappa shape index (κ1) is 13.2. The zero-order valence-electron chi connectivity index (χ0n) is 10.1. The molecule has 2 aromatic rings. The molecule has 0 aliphatic carbocycles. The van der Waals surface area contributed by atoms with Crippen molar-refractivity contribution < 1.29 is 13.2 Å². The van der Waals surface area contributed by atoms with Gasteiger partial charge < -0.3 is 0 Å². The molecular weight excluding hydrogens is 251 g/mol. The highest BCUT2D eigenvalue weighted by Gasteiger charge is 2.30. The Balaban J connectivity index is 2.37. The van der Waals surface area contributed by atoms with Crippen molar-refractivity contribution >= 4 is 0 Å². The molecule has 1 aromatic carbocycles. The van der Waals surface area contributed by atoms with Crippen molar-refractivity contribution in [2.75, 3.05) is 0 Å². The topological polar surface area (TPSA) is 12.9 Å². The summed E-state index contributed by atoms with van der Waals surface area (Å²) >= 11 is 0. The van der Waals surface area contributed by atoms with E-state index in [1.165, 1.54) is 0 Å². The van der Waals surface area contributed by atoms with Crippen LogP contribution in [0, 0.1) is 18.8 Å². The Kier molecular flexibility index (Phi) is 3.57. The van der Waals surface area contributed by atoms with E-state index in [2.05, 4.69) is 16.8 Å². The van der Waals surface area contributed by atoms with Crippen LogP contribution >= 0.6 is 0 Å². The molecule has 0 unspecified atom stereocenters. The van der Waals surface area contributed by atoms with Gasteiger partial charge in [0.25, 0.3) is 0 Å². The second-order valence-electron chi connectivity index (χ2n) is 4.07. The van der Waals surface area contributed by atoms with Crippen LogP contribution in [0.1, 0.15) is 22.3 Å². The monoisotopic (exact) mass is 261 g/mol. The predicted molar refractivity (Wildman–Crippen MR) is 66.4 cm³/mol. The number of rotatable bonds is 0. The predicted octanol–water partition coefficient (Wildman–Crippen LogP) is 3.81. The first-order valence-electron chi connectivity index (χ1n) is 5.56. The first-order valence-corrected chi connectivity index (χ1v) is 5.56. The fourth-order valence-electron chi connectivity index (χ4n) is 1.60. The molecule has 0 atom stereocenters. The number of pyridine rings is 1. The molecular formula is C15H10F3N. The molecule has 0 bridgehead atoms. The minimum absolute atomic E-state index is 0.351. The number of halogens is 3. The highest BCUT2D eigenvalue weighted by molar-refractivity contribution is 5.45. The van der Waals surface area contributed by atoms with E-state index in [1.54, 1.807) is 37.5 Å². The van der Waals surface area contributed by atoms with Gasteiger partial charge in [-0.2, -0.15) is 13.2 Å². The van der Waals surface area contributed by atoms with Crippen LogP contribution in [0.25, 0.3) is 0 Å².